The number of aromatic amines is 2. The van der Waals surface area contributed by atoms with Crippen molar-refractivity contribution in [3.63, 3.8) is 0 Å². The van der Waals surface area contributed by atoms with Crippen molar-refractivity contribution >= 4 is 17.7 Å². The van der Waals surface area contributed by atoms with Gasteiger partial charge >= 0.3 is 5.69 Å². The molecule has 1 aliphatic rings. The molecule has 1 aromatic heterocycles. The summed E-state index contributed by atoms with van der Waals surface area (Å²) in [5.74, 6) is 0.0393. The molecular weight excluding hydrogens is 268 g/mol. The number of hydrogen-bond donors (Lipinski definition) is 2. The van der Waals surface area contributed by atoms with Crippen LogP contribution in [0.3, 0.4) is 0 Å². The molecule has 0 unspecified atom stereocenters. The predicted molar refractivity (Wildman–Crippen MR) is 71.2 cm³/mol. The van der Waals surface area contributed by atoms with Gasteiger partial charge in [-0.3, -0.25) is 14.6 Å². The number of carbonyl (C=O) groups excluding carboxylic acids is 1. The van der Waals surface area contributed by atoms with Crippen LogP contribution in [0, 0.1) is 0 Å². The number of aromatic nitrogens is 3. The molecule has 104 valence electrons. The Bertz CT molecular complexity index is 562. The van der Waals surface area contributed by atoms with Crippen LogP contribution in [0.25, 0.3) is 0 Å². The van der Waals surface area contributed by atoms with E-state index in [1.165, 1.54) is 0 Å². The summed E-state index contributed by atoms with van der Waals surface area (Å²) in [6, 6.07) is 0. The number of thioether (sulfide) groups is 1. The predicted octanol–water partition coefficient (Wildman–Crippen LogP) is -0.0487. The summed E-state index contributed by atoms with van der Waals surface area (Å²) < 4.78 is 0. The maximum absolute atomic E-state index is 12.3. The van der Waals surface area contributed by atoms with Crippen molar-refractivity contribution in [2.24, 2.45) is 0 Å². The maximum atomic E-state index is 12.3. The highest BCUT2D eigenvalue weighted by molar-refractivity contribution is 8.00. The maximum Gasteiger partial charge on any atom is 0.342 e. The molecule has 1 amide bonds. The molecule has 0 radical (unpaired) electrons. The van der Waals surface area contributed by atoms with Crippen molar-refractivity contribution in [1.29, 1.82) is 0 Å². The zero-order valence-corrected chi connectivity index (χ0v) is 11.5. The van der Waals surface area contributed by atoms with E-state index in [2.05, 4.69) is 15.2 Å². The van der Waals surface area contributed by atoms with Crippen LogP contribution in [0.15, 0.2) is 14.6 Å². The molecular formula is C11H16N4O3S. The van der Waals surface area contributed by atoms with Gasteiger partial charge in [-0.1, -0.05) is 18.7 Å². The normalized spacial score (nSPS) is 16.6. The second kappa shape index (κ2) is 6.05. The van der Waals surface area contributed by atoms with Gasteiger partial charge in [0.15, 0.2) is 5.03 Å². The molecule has 2 rings (SSSR count). The Hall–Kier alpha value is -1.57. The van der Waals surface area contributed by atoms with Crippen LogP contribution in [-0.2, 0) is 4.79 Å². The topological polar surface area (TPSA) is 98.9 Å². The first kappa shape index (κ1) is 13.9. The molecule has 8 heteroatoms. The van der Waals surface area contributed by atoms with Gasteiger partial charge in [0.05, 0.1) is 5.25 Å². The lowest BCUT2D eigenvalue weighted by Gasteiger charge is -2.21. The first-order valence-electron chi connectivity index (χ1n) is 6.26. The van der Waals surface area contributed by atoms with Gasteiger partial charge in [0.2, 0.25) is 5.91 Å². The van der Waals surface area contributed by atoms with E-state index in [1.807, 2.05) is 11.8 Å². The monoisotopic (exact) mass is 284 g/mol. The summed E-state index contributed by atoms with van der Waals surface area (Å²) in [5, 5.41) is 5.65. The Labute approximate surface area is 113 Å². The number of nitrogens with zero attached hydrogens (tertiary/aromatic N) is 2. The lowest BCUT2D eigenvalue weighted by Crippen LogP contribution is -2.36. The van der Waals surface area contributed by atoms with Crippen LogP contribution < -0.4 is 11.2 Å². The van der Waals surface area contributed by atoms with Crippen LogP contribution in [0.2, 0.25) is 0 Å². The average molecular weight is 284 g/mol. The van der Waals surface area contributed by atoms with E-state index in [0.717, 1.165) is 37.7 Å². The number of amides is 1. The van der Waals surface area contributed by atoms with E-state index in [1.54, 1.807) is 0 Å². The van der Waals surface area contributed by atoms with Gasteiger partial charge in [-0.2, -0.15) is 5.10 Å². The fourth-order valence-electron chi connectivity index (χ4n) is 2.00. The van der Waals surface area contributed by atoms with Gasteiger partial charge in [0.1, 0.15) is 0 Å². The lowest BCUT2D eigenvalue weighted by atomic mass is 10.3. The van der Waals surface area contributed by atoms with Gasteiger partial charge in [0.25, 0.3) is 5.56 Å². The van der Waals surface area contributed by atoms with Gasteiger partial charge in [0, 0.05) is 13.1 Å². The molecule has 2 N–H and O–H groups in total. The molecule has 19 heavy (non-hydrogen) atoms. The molecule has 1 aromatic rings. The molecule has 0 saturated carbocycles. The third-order valence-electron chi connectivity index (χ3n) is 3.00. The first-order valence-corrected chi connectivity index (χ1v) is 7.14. The van der Waals surface area contributed by atoms with E-state index >= 15 is 0 Å². The summed E-state index contributed by atoms with van der Waals surface area (Å²) in [6.07, 6.45) is 2.68. The summed E-state index contributed by atoms with van der Waals surface area (Å²) in [6.45, 7) is 3.46. The van der Waals surface area contributed by atoms with E-state index < -0.39 is 11.2 Å². The van der Waals surface area contributed by atoms with E-state index in [9.17, 15) is 14.4 Å². The van der Waals surface area contributed by atoms with Crippen molar-refractivity contribution in [1.82, 2.24) is 20.1 Å². The highest BCUT2D eigenvalue weighted by Crippen LogP contribution is 2.23. The Morgan fingerprint density at radius 2 is 2.11 bits per heavy atom. The summed E-state index contributed by atoms with van der Waals surface area (Å²) >= 11 is 1.10. The molecule has 1 saturated heterocycles. The molecule has 0 aliphatic carbocycles. The number of rotatable bonds is 4. The van der Waals surface area contributed by atoms with Crippen LogP contribution in [0.4, 0.5) is 0 Å². The molecule has 2 heterocycles. The minimum Gasteiger partial charge on any atom is -0.342 e. The molecule has 1 aliphatic heterocycles. The third-order valence-corrected chi connectivity index (χ3v) is 4.32. The number of likely N-dealkylation sites (tertiary alicyclic amines) is 1. The number of carbonyl (C=O) groups is 1. The molecule has 1 atom stereocenters. The standard InChI is InChI=1S/C11H16N4O3S/c1-2-7(10(17)15-5-3-4-6-15)19-9-8(16)12-11(18)14-13-9/h7H,2-6H2,1H3,(H2,12,14,16,18)/t7-/m0/s1. The van der Waals surface area contributed by atoms with Crippen molar-refractivity contribution in [2.45, 2.75) is 36.5 Å². The zero-order chi connectivity index (χ0) is 13.8. The van der Waals surface area contributed by atoms with Crippen molar-refractivity contribution in [2.75, 3.05) is 13.1 Å². The molecule has 0 spiro atoms. The fraction of sp³-hybridized carbons (Fsp3) is 0.636. The van der Waals surface area contributed by atoms with Gasteiger partial charge in [-0.15, -0.1) is 0 Å². The SMILES string of the molecule is CC[C@H](Sc1n[nH]c(=O)[nH]c1=O)C(=O)N1CCCC1. The molecule has 0 bridgehead atoms. The van der Waals surface area contributed by atoms with E-state index in [-0.39, 0.29) is 16.2 Å². The smallest absolute Gasteiger partial charge is 0.342 e. The molecule has 0 aromatic carbocycles. The minimum absolute atomic E-state index is 0.0393. The van der Waals surface area contributed by atoms with Crippen LogP contribution >= 0.6 is 11.8 Å². The first-order chi connectivity index (χ1) is 9.11. The minimum atomic E-state index is -0.645. The fourth-order valence-corrected chi connectivity index (χ4v) is 2.94. The van der Waals surface area contributed by atoms with Crippen molar-refractivity contribution in [3.8, 4) is 0 Å². The average Bonchev–Trinajstić information content (AvgIpc) is 2.91. The number of nitrogens with one attached hydrogen (secondary N) is 2. The highest BCUT2D eigenvalue weighted by Gasteiger charge is 2.27. The Morgan fingerprint density at radius 1 is 1.42 bits per heavy atom. The summed E-state index contributed by atoms with van der Waals surface area (Å²) in [5.41, 5.74) is -1.20. The van der Waals surface area contributed by atoms with Crippen LogP contribution in [-0.4, -0.2) is 44.3 Å². The molecule has 7 nitrogen and oxygen atoms in total. The Morgan fingerprint density at radius 3 is 2.68 bits per heavy atom. The van der Waals surface area contributed by atoms with Crippen LogP contribution in [0.1, 0.15) is 26.2 Å². The van der Waals surface area contributed by atoms with Crippen LogP contribution in [0.5, 0.6) is 0 Å². The van der Waals surface area contributed by atoms with E-state index in [0.29, 0.717) is 6.42 Å². The summed E-state index contributed by atoms with van der Waals surface area (Å²) in [7, 11) is 0. The third kappa shape index (κ3) is 3.25. The second-order valence-corrected chi connectivity index (χ2v) is 5.55. The zero-order valence-electron chi connectivity index (χ0n) is 10.6. The Balaban J connectivity index is 2.12. The Kier molecular flexibility index (Phi) is 4.41. The number of H-pyrrole nitrogens is 2. The van der Waals surface area contributed by atoms with Gasteiger partial charge in [-0.05, 0) is 19.3 Å². The largest absolute Gasteiger partial charge is 0.342 e. The van der Waals surface area contributed by atoms with Gasteiger partial charge in [-0.25, -0.2) is 9.89 Å². The van der Waals surface area contributed by atoms with Gasteiger partial charge < -0.3 is 4.90 Å². The highest BCUT2D eigenvalue weighted by atomic mass is 32.2. The van der Waals surface area contributed by atoms with Crippen molar-refractivity contribution in [3.05, 3.63) is 20.8 Å². The van der Waals surface area contributed by atoms with Crippen molar-refractivity contribution < 1.29 is 4.79 Å². The quantitative estimate of drug-likeness (QED) is 0.755. The lowest BCUT2D eigenvalue weighted by molar-refractivity contribution is -0.129. The van der Waals surface area contributed by atoms with E-state index in [4.69, 9.17) is 0 Å². The molecule has 1 fully saturated rings. The second-order valence-electron chi connectivity index (χ2n) is 4.36. The number of hydrogen-bond acceptors (Lipinski definition) is 5. The summed E-state index contributed by atoms with van der Waals surface area (Å²) in [4.78, 5) is 38.6.